The van der Waals surface area contributed by atoms with Gasteiger partial charge in [-0.3, -0.25) is 4.79 Å². The number of nitrogens with zero attached hydrogens (tertiary/aromatic N) is 1. The smallest absolute Gasteiger partial charge is 0.220 e. The van der Waals surface area contributed by atoms with E-state index >= 15 is 0 Å². The van der Waals surface area contributed by atoms with Crippen molar-refractivity contribution < 1.29 is 9.90 Å². The highest BCUT2D eigenvalue weighted by atomic mass is 32.1. The quantitative estimate of drug-likeness (QED) is 0.737. The van der Waals surface area contributed by atoms with E-state index in [-0.39, 0.29) is 18.4 Å². The molecule has 0 aliphatic carbocycles. The Hall–Kier alpha value is -1.46. The molecular weight excluding hydrogens is 284 g/mol. The van der Waals surface area contributed by atoms with E-state index in [2.05, 4.69) is 16.4 Å². The van der Waals surface area contributed by atoms with E-state index in [0.717, 1.165) is 29.8 Å². The zero-order chi connectivity index (χ0) is 15.1. The fraction of sp³-hybridized carbons (Fsp3) is 0.500. The molecule has 0 spiro atoms. The minimum atomic E-state index is 0.0691. The Labute approximate surface area is 129 Å². The molecule has 1 heterocycles. The molecule has 114 valence electrons. The van der Waals surface area contributed by atoms with Crippen LogP contribution in [0.1, 0.15) is 31.2 Å². The average molecular weight is 306 g/mol. The Morgan fingerprint density at radius 3 is 2.95 bits per heavy atom. The van der Waals surface area contributed by atoms with Crippen LogP contribution < -0.4 is 5.32 Å². The molecule has 1 aromatic carbocycles. The number of aliphatic hydroxyl groups is 1. The number of hydrogen-bond donors (Lipinski definition) is 2. The number of aryl methyl sites for hydroxylation is 1. The van der Waals surface area contributed by atoms with Crippen LogP contribution in [0.4, 0.5) is 0 Å². The van der Waals surface area contributed by atoms with Crippen LogP contribution in [0, 0.1) is 5.92 Å². The van der Waals surface area contributed by atoms with Gasteiger partial charge in [0.1, 0.15) is 0 Å². The predicted octanol–water partition coefficient (Wildman–Crippen LogP) is 2.75. The van der Waals surface area contributed by atoms with Gasteiger partial charge >= 0.3 is 0 Å². The summed E-state index contributed by atoms with van der Waals surface area (Å²) in [5.41, 5.74) is 1.06. The number of carbonyl (C=O) groups excluding carboxylic acids is 1. The second-order valence-corrected chi connectivity index (χ2v) is 6.49. The molecule has 1 unspecified atom stereocenters. The number of rotatable bonds is 8. The van der Waals surface area contributed by atoms with E-state index in [0.29, 0.717) is 13.0 Å². The Kier molecular flexibility index (Phi) is 6.14. The molecule has 0 radical (unpaired) electrons. The first-order chi connectivity index (χ1) is 10.2. The molecule has 0 aliphatic rings. The van der Waals surface area contributed by atoms with Crippen LogP contribution in [0.3, 0.4) is 0 Å². The van der Waals surface area contributed by atoms with Crippen LogP contribution in [0.25, 0.3) is 10.2 Å². The van der Waals surface area contributed by atoms with Crippen molar-refractivity contribution in [3.8, 4) is 0 Å². The first-order valence-corrected chi connectivity index (χ1v) is 8.22. The lowest BCUT2D eigenvalue weighted by Crippen LogP contribution is -2.29. The molecule has 2 N–H and O–H groups in total. The molecule has 2 rings (SSSR count). The second kappa shape index (κ2) is 8.10. The van der Waals surface area contributed by atoms with Gasteiger partial charge in [0.15, 0.2) is 0 Å². The summed E-state index contributed by atoms with van der Waals surface area (Å²) in [6.45, 7) is 2.57. The monoisotopic (exact) mass is 306 g/mol. The van der Waals surface area contributed by atoms with Crippen molar-refractivity contribution in [1.29, 1.82) is 0 Å². The number of para-hydroxylation sites is 1. The van der Waals surface area contributed by atoms with Crippen molar-refractivity contribution in [3.05, 3.63) is 29.3 Å². The van der Waals surface area contributed by atoms with Crippen LogP contribution in [0.15, 0.2) is 24.3 Å². The number of benzene rings is 1. The highest BCUT2D eigenvalue weighted by Gasteiger charge is 2.06. The SMILES string of the molecule is CC(CO)CNC(=O)CCCCc1nc2ccccc2s1. The van der Waals surface area contributed by atoms with Gasteiger partial charge in [-0.2, -0.15) is 0 Å². The summed E-state index contributed by atoms with van der Waals surface area (Å²) in [5.74, 6) is 0.191. The number of hydrogen-bond acceptors (Lipinski definition) is 4. The van der Waals surface area contributed by atoms with E-state index in [1.165, 1.54) is 4.70 Å². The molecule has 5 heteroatoms. The summed E-state index contributed by atoms with van der Waals surface area (Å²) in [6.07, 6.45) is 3.32. The maximum atomic E-state index is 11.6. The minimum Gasteiger partial charge on any atom is -0.396 e. The third-order valence-electron chi connectivity index (χ3n) is 3.34. The number of aliphatic hydroxyl groups excluding tert-OH is 1. The standard InChI is InChI=1S/C16H22N2O2S/c1-12(11-19)10-17-15(20)8-4-5-9-16-18-13-6-2-3-7-14(13)21-16/h2-3,6-7,12,19H,4-5,8-11H2,1H3,(H,17,20). The van der Waals surface area contributed by atoms with Gasteiger partial charge in [-0.15, -0.1) is 11.3 Å². The Morgan fingerprint density at radius 2 is 2.19 bits per heavy atom. The lowest BCUT2D eigenvalue weighted by atomic mass is 10.1. The zero-order valence-corrected chi connectivity index (χ0v) is 13.2. The van der Waals surface area contributed by atoms with Gasteiger partial charge in [-0.05, 0) is 37.3 Å². The fourth-order valence-corrected chi connectivity index (χ4v) is 3.04. The average Bonchev–Trinajstić information content (AvgIpc) is 2.91. The van der Waals surface area contributed by atoms with Crippen LogP contribution in [-0.4, -0.2) is 29.1 Å². The molecule has 0 saturated carbocycles. The molecule has 21 heavy (non-hydrogen) atoms. The van der Waals surface area contributed by atoms with Crippen molar-refractivity contribution in [2.45, 2.75) is 32.6 Å². The number of unbranched alkanes of at least 4 members (excludes halogenated alkanes) is 1. The Balaban J connectivity index is 1.66. The molecule has 0 aliphatic heterocycles. The number of aromatic nitrogens is 1. The highest BCUT2D eigenvalue weighted by molar-refractivity contribution is 7.18. The van der Waals surface area contributed by atoms with Crippen LogP contribution in [0.5, 0.6) is 0 Å². The van der Waals surface area contributed by atoms with Gasteiger partial charge in [0.2, 0.25) is 5.91 Å². The summed E-state index contributed by atoms with van der Waals surface area (Å²) in [6, 6.07) is 8.16. The molecule has 1 aromatic heterocycles. The van der Waals surface area contributed by atoms with Crippen LogP contribution in [-0.2, 0) is 11.2 Å². The van der Waals surface area contributed by atoms with E-state index in [1.807, 2.05) is 25.1 Å². The van der Waals surface area contributed by atoms with Crippen molar-refractivity contribution in [2.75, 3.05) is 13.2 Å². The third kappa shape index (κ3) is 5.10. The molecule has 0 saturated heterocycles. The minimum absolute atomic E-state index is 0.0691. The first kappa shape index (κ1) is 15.9. The van der Waals surface area contributed by atoms with Gasteiger partial charge < -0.3 is 10.4 Å². The summed E-state index contributed by atoms with van der Waals surface area (Å²) in [5, 5.41) is 12.9. The second-order valence-electron chi connectivity index (χ2n) is 5.37. The molecule has 4 nitrogen and oxygen atoms in total. The van der Waals surface area contributed by atoms with E-state index in [4.69, 9.17) is 5.11 Å². The lowest BCUT2D eigenvalue weighted by Gasteiger charge is -2.09. The van der Waals surface area contributed by atoms with Gasteiger partial charge in [0, 0.05) is 19.6 Å². The van der Waals surface area contributed by atoms with Crippen molar-refractivity contribution in [2.24, 2.45) is 5.92 Å². The summed E-state index contributed by atoms with van der Waals surface area (Å²) in [7, 11) is 0. The van der Waals surface area contributed by atoms with Crippen LogP contribution in [0.2, 0.25) is 0 Å². The third-order valence-corrected chi connectivity index (χ3v) is 4.44. The molecule has 2 aromatic rings. The van der Waals surface area contributed by atoms with Crippen molar-refractivity contribution >= 4 is 27.5 Å². The maximum Gasteiger partial charge on any atom is 0.220 e. The molecule has 0 fully saturated rings. The summed E-state index contributed by atoms with van der Waals surface area (Å²) >= 11 is 1.73. The van der Waals surface area contributed by atoms with Crippen LogP contribution >= 0.6 is 11.3 Å². The van der Waals surface area contributed by atoms with Gasteiger partial charge in [-0.1, -0.05) is 19.1 Å². The molecule has 0 bridgehead atoms. The topological polar surface area (TPSA) is 62.2 Å². The van der Waals surface area contributed by atoms with E-state index in [1.54, 1.807) is 11.3 Å². The molecule has 1 amide bonds. The van der Waals surface area contributed by atoms with Crippen molar-refractivity contribution in [3.63, 3.8) is 0 Å². The number of carbonyl (C=O) groups is 1. The van der Waals surface area contributed by atoms with Gasteiger partial charge in [-0.25, -0.2) is 4.98 Å². The van der Waals surface area contributed by atoms with Gasteiger partial charge in [0.05, 0.1) is 15.2 Å². The highest BCUT2D eigenvalue weighted by Crippen LogP contribution is 2.22. The largest absolute Gasteiger partial charge is 0.396 e. The van der Waals surface area contributed by atoms with E-state index in [9.17, 15) is 4.79 Å². The summed E-state index contributed by atoms with van der Waals surface area (Å²) in [4.78, 5) is 16.2. The van der Waals surface area contributed by atoms with Crippen molar-refractivity contribution in [1.82, 2.24) is 10.3 Å². The normalized spacial score (nSPS) is 12.5. The van der Waals surface area contributed by atoms with E-state index < -0.39 is 0 Å². The molecule has 1 atom stereocenters. The van der Waals surface area contributed by atoms with Gasteiger partial charge in [0.25, 0.3) is 0 Å². The summed E-state index contributed by atoms with van der Waals surface area (Å²) < 4.78 is 1.23. The number of thiazole rings is 1. The Morgan fingerprint density at radius 1 is 1.38 bits per heavy atom. The Bertz CT molecular complexity index is 549. The molecular formula is C16H22N2O2S. The predicted molar refractivity (Wildman–Crippen MR) is 86.4 cm³/mol. The number of nitrogens with one attached hydrogen (secondary N) is 1. The lowest BCUT2D eigenvalue weighted by molar-refractivity contribution is -0.121. The number of fused-ring (bicyclic) bond motifs is 1. The maximum absolute atomic E-state index is 11.6. The first-order valence-electron chi connectivity index (χ1n) is 7.41. The number of amides is 1. The fourth-order valence-electron chi connectivity index (χ4n) is 2.03. The zero-order valence-electron chi connectivity index (χ0n) is 12.3.